The number of carbonyl (C=O) groups is 1. The van der Waals surface area contributed by atoms with Gasteiger partial charge in [0, 0.05) is 18.0 Å². The van der Waals surface area contributed by atoms with Crippen LogP contribution in [0.3, 0.4) is 0 Å². The SMILES string of the molecule is CC(=O)Nc1ccc2cccc(S(=O)(=O)O)c2c1.[H-].[Na+]. The third-order valence-corrected chi connectivity index (χ3v) is 3.35. The van der Waals surface area contributed by atoms with E-state index in [2.05, 4.69) is 5.32 Å². The molecule has 7 heteroatoms. The van der Waals surface area contributed by atoms with E-state index >= 15 is 0 Å². The quantitative estimate of drug-likeness (QED) is 0.558. The van der Waals surface area contributed by atoms with Crippen LogP contribution in [-0.4, -0.2) is 18.9 Å². The van der Waals surface area contributed by atoms with Gasteiger partial charge in [0.2, 0.25) is 5.91 Å². The first-order chi connectivity index (χ1) is 8.38. The molecule has 2 aromatic carbocycles. The number of rotatable bonds is 2. The molecule has 0 radical (unpaired) electrons. The fraction of sp³-hybridized carbons (Fsp3) is 0.0833. The number of fused-ring (bicyclic) bond motifs is 1. The third kappa shape index (κ3) is 3.77. The Morgan fingerprint density at radius 1 is 1.26 bits per heavy atom. The molecule has 0 bridgehead atoms. The molecule has 2 N–H and O–H groups in total. The molecule has 2 aromatic rings. The van der Waals surface area contributed by atoms with Gasteiger partial charge >= 0.3 is 29.6 Å². The maximum Gasteiger partial charge on any atom is 1.00 e. The van der Waals surface area contributed by atoms with Gasteiger partial charge in [-0.25, -0.2) is 0 Å². The molecule has 0 aliphatic heterocycles. The zero-order valence-corrected chi connectivity index (χ0v) is 13.4. The number of hydrogen-bond acceptors (Lipinski definition) is 3. The summed E-state index contributed by atoms with van der Waals surface area (Å²) in [5.41, 5.74) is 0.478. The van der Waals surface area contributed by atoms with Crippen molar-refractivity contribution in [2.24, 2.45) is 0 Å². The summed E-state index contributed by atoms with van der Waals surface area (Å²) >= 11 is 0. The van der Waals surface area contributed by atoms with Gasteiger partial charge < -0.3 is 6.74 Å². The monoisotopic (exact) mass is 289 g/mol. The Labute approximate surface area is 134 Å². The second-order valence-electron chi connectivity index (χ2n) is 3.85. The van der Waals surface area contributed by atoms with E-state index in [4.69, 9.17) is 4.55 Å². The van der Waals surface area contributed by atoms with Crippen LogP contribution < -0.4 is 34.9 Å². The molecule has 96 valence electrons. The van der Waals surface area contributed by atoms with Crippen molar-refractivity contribution in [1.29, 1.82) is 0 Å². The smallest absolute Gasteiger partial charge is 1.00 e. The van der Waals surface area contributed by atoms with Crippen LogP contribution in [0.25, 0.3) is 10.8 Å². The van der Waals surface area contributed by atoms with Gasteiger partial charge in [0.05, 0.1) is 0 Å². The predicted molar refractivity (Wildman–Crippen MR) is 69.2 cm³/mol. The molecule has 0 unspecified atom stereocenters. The van der Waals surface area contributed by atoms with Gasteiger partial charge in [-0.15, -0.1) is 0 Å². The van der Waals surface area contributed by atoms with Crippen molar-refractivity contribution in [3.63, 3.8) is 0 Å². The van der Waals surface area contributed by atoms with Gasteiger partial charge in [0.25, 0.3) is 10.1 Å². The van der Waals surface area contributed by atoms with E-state index in [1.54, 1.807) is 24.3 Å². The van der Waals surface area contributed by atoms with Crippen molar-refractivity contribution in [2.45, 2.75) is 11.8 Å². The summed E-state index contributed by atoms with van der Waals surface area (Å²) < 4.78 is 31.6. The van der Waals surface area contributed by atoms with Gasteiger partial charge in [-0.05, 0) is 23.6 Å². The van der Waals surface area contributed by atoms with Crippen molar-refractivity contribution in [2.75, 3.05) is 5.32 Å². The van der Waals surface area contributed by atoms with Crippen molar-refractivity contribution < 1.29 is 48.7 Å². The molecule has 0 fully saturated rings. The predicted octanol–water partition coefficient (Wildman–Crippen LogP) is -0.839. The average Bonchev–Trinajstić information content (AvgIpc) is 2.26. The Morgan fingerprint density at radius 3 is 2.53 bits per heavy atom. The van der Waals surface area contributed by atoms with E-state index in [-0.39, 0.29) is 41.8 Å². The fourth-order valence-electron chi connectivity index (χ4n) is 1.75. The van der Waals surface area contributed by atoms with E-state index in [0.717, 1.165) is 0 Å². The summed E-state index contributed by atoms with van der Waals surface area (Å²) in [6, 6.07) is 9.44. The van der Waals surface area contributed by atoms with E-state index in [1.807, 2.05) is 0 Å². The van der Waals surface area contributed by atoms with Gasteiger partial charge in [-0.1, -0.05) is 18.2 Å². The molecule has 2 rings (SSSR count). The fourth-order valence-corrected chi connectivity index (χ4v) is 2.46. The summed E-state index contributed by atoms with van der Waals surface area (Å²) in [5, 5.41) is 3.59. The first kappa shape index (κ1) is 16.1. The molecule has 5 nitrogen and oxygen atoms in total. The van der Waals surface area contributed by atoms with E-state index in [9.17, 15) is 13.2 Å². The molecule has 0 spiro atoms. The van der Waals surface area contributed by atoms with Crippen molar-refractivity contribution in [3.05, 3.63) is 36.4 Å². The van der Waals surface area contributed by atoms with Crippen LogP contribution in [0.5, 0.6) is 0 Å². The third-order valence-electron chi connectivity index (χ3n) is 2.44. The van der Waals surface area contributed by atoms with Crippen LogP contribution >= 0.6 is 0 Å². The number of carbonyl (C=O) groups excluding carboxylic acids is 1. The summed E-state index contributed by atoms with van der Waals surface area (Å²) in [4.78, 5) is 10.8. The van der Waals surface area contributed by atoms with Gasteiger partial charge in [0.15, 0.2) is 0 Å². The number of benzene rings is 2. The Hall–Kier alpha value is -0.920. The Bertz CT molecular complexity index is 733. The van der Waals surface area contributed by atoms with Crippen LogP contribution in [0.1, 0.15) is 8.35 Å². The van der Waals surface area contributed by atoms with Crippen LogP contribution in [0.15, 0.2) is 41.3 Å². The molecule has 0 aliphatic carbocycles. The summed E-state index contributed by atoms with van der Waals surface area (Å²) in [7, 11) is -4.29. The average molecular weight is 289 g/mol. The zero-order chi connectivity index (χ0) is 13.3. The van der Waals surface area contributed by atoms with Crippen LogP contribution in [0.2, 0.25) is 0 Å². The molecular formula is C12H12NNaO4S. The van der Waals surface area contributed by atoms with Gasteiger partial charge in [-0.2, -0.15) is 8.42 Å². The number of hydrogen-bond donors (Lipinski definition) is 2. The molecule has 0 saturated carbocycles. The van der Waals surface area contributed by atoms with Crippen molar-refractivity contribution in [1.82, 2.24) is 0 Å². The second kappa shape index (κ2) is 6.02. The minimum absolute atomic E-state index is 0. The second-order valence-corrected chi connectivity index (χ2v) is 5.24. The molecule has 19 heavy (non-hydrogen) atoms. The molecule has 0 aromatic heterocycles. The Balaban J connectivity index is 0.00000180. The minimum atomic E-state index is -4.29. The molecule has 0 atom stereocenters. The first-order valence-corrected chi connectivity index (χ1v) is 6.60. The maximum absolute atomic E-state index is 11.2. The number of nitrogens with one attached hydrogen (secondary N) is 1. The molecule has 1 amide bonds. The number of amides is 1. The number of anilines is 1. The summed E-state index contributed by atoms with van der Waals surface area (Å²) in [5.74, 6) is -0.251. The topological polar surface area (TPSA) is 83.5 Å². The Morgan fingerprint density at radius 2 is 1.95 bits per heavy atom. The summed E-state index contributed by atoms with van der Waals surface area (Å²) in [6.45, 7) is 1.36. The molecule has 0 aliphatic rings. The molecular weight excluding hydrogens is 277 g/mol. The van der Waals surface area contributed by atoms with Crippen LogP contribution in [0.4, 0.5) is 5.69 Å². The standard InChI is InChI=1S/C12H11NO4S.Na.H/c1-8(14)13-10-6-5-9-3-2-4-12(11(9)7-10)18(15,16)17;;/h2-7H,1H3,(H,13,14)(H,15,16,17);;/q;+1;-1. The zero-order valence-electron chi connectivity index (χ0n) is 11.5. The largest absolute Gasteiger partial charge is 1.00 e. The summed E-state index contributed by atoms with van der Waals surface area (Å²) in [6.07, 6.45) is 0. The maximum atomic E-state index is 11.2. The van der Waals surface area contributed by atoms with Gasteiger partial charge in [0.1, 0.15) is 4.90 Å². The minimum Gasteiger partial charge on any atom is -1.00 e. The van der Waals surface area contributed by atoms with Crippen LogP contribution in [0, 0.1) is 0 Å². The van der Waals surface area contributed by atoms with Crippen molar-refractivity contribution >= 4 is 32.5 Å². The van der Waals surface area contributed by atoms with E-state index in [1.165, 1.54) is 19.1 Å². The van der Waals surface area contributed by atoms with E-state index < -0.39 is 10.1 Å². The first-order valence-electron chi connectivity index (χ1n) is 5.16. The van der Waals surface area contributed by atoms with Crippen molar-refractivity contribution in [3.8, 4) is 0 Å². The van der Waals surface area contributed by atoms with Gasteiger partial charge in [-0.3, -0.25) is 9.35 Å². The molecule has 0 heterocycles. The molecule has 0 saturated heterocycles. The normalized spacial score (nSPS) is 10.8. The Kier molecular flexibility index (Phi) is 5.11. The van der Waals surface area contributed by atoms with E-state index in [0.29, 0.717) is 16.5 Å². The van der Waals surface area contributed by atoms with Crippen LogP contribution in [-0.2, 0) is 14.9 Å².